The molecule has 0 aromatic rings. The van der Waals surface area contributed by atoms with Crippen LogP contribution < -0.4 is 29.6 Å². The van der Waals surface area contributed by atoms with Gasteiger partial charge in [-0.25, -0.2) is 0 Å². The first-order valence-electron chi connectivity index (χ1n) is 39.5. The van der Waals surface area contributed by atoms with Gasteiger partial charge in [0.05, 0.1) is 95.0 Å². The third kappa shape index (κ3) is 41.2. The first-order chi connectivity index (χ1) is 48.3. The van der Waals surface area contributed by atoms with E-state index in [1.165, 1.54) is 84.0 Å². The van der Waals surface area contributed by atoms with E-state index in [4.69, 9.17) is 53.4 Å². The van der Waals surface area contributed by atoms with Crippen LogP contribution in [-0.2, 0) is 52.3 Å². The number of carbonyl (C=O) groups is 3. The van der Waals surface area contributed by atoms with Crippen molar-refractivity contribution < 1.29 is 128 Å². The Morgan fingerprint density at radius 1 is 0.441 bits per heavy atom. The van der Waals surface area contributed by atoms with Crippen LogP contribution in [0.2, 0.25) is 0 Å². The zero-order valence-electron chi connectivity index (χ0n) is 65.0. The normalized spacial score (nSPS) is 25.9. The predicted octanol–water partition coefficient (Wildman–Crippen LogP) is 11.6. The van der Waals surface area contributed by atoms with Gasteiger partial charge in [0.25, 0.3) is 0 Å². The summed E-state index contributed by atoms with van der Waals surface area (Å²) in [4.78, 5) is 33.6. The summed E-state index contributed by atoms with van der Waals surface area (Å²) in [7, 11) is 1.00. The van der Waals surface area contributed by atoms with Crippen molar-refractivity contribution in [1.82, 2.24) is 0 Å². The number of aliphatic hydroxyl groups excluding tert-OH is 7. The Kier molecular flexibility index (Phi) is 59.0. The second-order valence-electron chi connectivity index (χ2n) is 28.8. The summed E-state index contributed by atoms with van der Waals surface area (Å²) in [6, 6.07) is 1.75. The van der Waals surface area contributed by atoms with Gasteiger partial charge in [0.2, 0.25) is 0 Å². The van der Waals surface area contributed by atoms with Crippen LogP contribution >= 0.6 is 0 Å². The van der Waals surface area contributed by atoms with Gasteiger partial charge in [0.15, 0.2) is 17.4 Å². The van der Waals surface area contributed by atoms with Crippen LogP contribution in [0.1, 0.15) is 299 Å². The molecular weight excluding hydrogens is 1320 g/mol. The van der Waals surface area contributed by atoms with Crippen LogP contribution in [0, 0.1) is 46.8 Å². The molecule has 590 valence electrons. The summed E-state index contributed by atoms with van der Waals surface area (Å²) >= 11 is 0. The van der Waals surface area contributed by atoms with Crippen molar-refractivity contribution in [3.05, 3.63) is 36.5 Å². The van der Waals surface area contributed by atoms with Crippen molar-refractivity contribution in [3.8, 4) is 6.07 Å². The average Bonchev–Trinajstić information content (AvgIpc) is 1.68. The average molecular weight is 1460 g/mol. The number of hydrogen-bond acceptors (Lipinski definition) is 20. The van der Waals surface area contributed by atoms with E-state index in [0.717, 1.165) is 129 Å². The van der Waals surface area contributed by atoms with Gasteiger partial charge < -0.3 is 84.2 Å². The molecule has 3 aliphatic heterocycles. The third-order valence-corrected chi connectivity index (χ3v) is 20.7. The number of rotatable bonds is 47. The molecule has 3 aliphatic carbocycles. The van der Waals surface area contributed by atoms with E-state index in [1.807, 2.05) is 32.9 Å². The fraction of sp³-hybridized carbons (Fsp3) is 0.875. The quantitative estimate of drug-likeness (QED) is 0.0121. The molecule has 3 unspecified atom stereocenters. The molecule has 0 amide bonds. The smallest absolute Gasteiger partial charge is 0.870 e. The molecule has 102 heavy (non-hydrogen) atoms. The fourth-order valence-electron chi connectivity index (χ4n) is 15.4. The van der Waals surface area contributed by atoms with Gasteiger partial charge in [0.1, 0.15) is 0 Å². The van der Waals surface area contributed by atoms with Gasteiger partial charge in [-0.2, -0.15) is 5.26 Å². The number of aliphatic hydroxyl groups is 7. The van der Waals surface area contributed by atoms with Gasteiger partial charge >= 0.3 is 47.5 Å². The Morgan fingerprint density at radius 2 is 0.716 bits per heavy atom. The number of nitrogens with zero attached hydrogens (tertiary/aromatic N) is 1. The number of allylic oxidation sites excluding steroid dienone is 6. The van der Waals surface area contributed by atoms with Crippen molar-refractivity contribution in [2.45, 2.75) is 359 Å². The Hall–Kier alpha value is -2.44. The number of unbranched alkanes of at least 4 members (excludes halogenated alkanes) is 15. The summed E-state index contributed by atoms with van der Waals surface area (Å²) in [5.41, 5.74) is 0. The maximum Gasteiger partial charge on any atom is 1.00 e. The third-order valence-electron chi connectivity index (χ3n) is 20.7. The molecule has 0 bridgehead atoms. The first kappa shape index (κ1) is 99.6. The maximum absolute atomic E-state index is 11.6. The van der Waals surface area contributed by atoms with Crippen LogP contribution in [-0.4, -0.2) is 178 Å². The van der Waals surface area contributed by atoms with Crippen molar-refractivity contribution in [2.24, 2.45) is 35.5 Å². The van der Waals surface area contributed by atoms with Crippen LogP contribution in [0.25, 0.3) is 0 Å². The number of aliphatic carboxylic acids is 1. The van der Waals surface area contributed by atoms with Crippen molar-refractivity contribution in [1.29, 1.82) is 5.26 Å². The summed E-state index contributed by atoms with van der Waals surface area (Å²) in [5.74, 6) is -2.34. The molecule has 6 rings (SSSR count). The summed E-state index contributed by atoms with van der Waals surface area (Å²) < 4.78 is 46.3. The molecule has 9 N–H and O–H groups in total. The van der Waals surface area contributed by atoms with Crippen molar-refractivity contribution >= 4 is 17.9 Å². The molecule has 0 spiro atoms. The number of carboxylic acids is 1. The largest absolute Gasteiger partial charge is 1.00 e. The minimum atomic E-state index is -0.770. The molecule has 21 nitrogen and oxygen atoms in total. The van der Waals surface area contributed by atoms with Gasteiger partial charge in [-0.1, -0.05) is 134 Å². The Balaban J connectivity index is 0.00000144. The summed E-state index contributed by atoms with van der Waals surface area (Å²) in [5, 5.41) is 86.3. The van der Waals surface area contributed by atoms with E-state index in [1.54, 1.807) is 6.07 Å². The number of esters is 2. The van der Waals surface area contributed by atoms with Gasteiger partial charge in [-0.15, -0.1) is 0 Å². The minimum Gasteiger partial charge on any atom is -0.870 e. The molecule has 0 radical (unpaired) electrons. The standard InChI is InChI=1S/C27H48O6.C26H46O6.C24H42O6.C2H3N.CH4O.Na.H2O/c1-4-5-6-9-12-16-27(31-18-19-32-27)17-15-23-22(24(28)20-25(23)29)13-10-7-8-11-14-26(30)33-21(2)3;1-3-5-6-9-12-16-26(31-18-19-32-26)17-15-22-21(23(27)20-24(22)28)13-10-7-8-11-14-25(29)30-4-2;1-2-3-4-7-10-14-24(29-16-17-30-24)15-13-20-19(21(25)18-22(20)26)11-8-5-6-9-12-23(27)28;1-2-3;1-2;;/h7,10,21-25,28-29H,4-6,8-9,11-20H2,1-3H3;7,10,21-24,27-28H,3-6,8-9,11-20H2,1-2H3;5,8,19-22,25-26H,2-4,6-7,9-18H2,1H3,(H,27,28);1H3;2H,1H3;;1H2/q;;;;;+1;/p-1/b2*10-7-;8-5-;;;;/t22-,23-,24?,25-;21-,22-,23?,24-;19-,20-,21?,22-;;;;/m111..../s1. The summed E-state index contributed by atoms with van der Waals surface area (Å²) in [6.45, 7) is 17.9. The number of carbonyl (C=O) groups excluding carboxylic acids is 2. The molecular formula is C80H144NNaO20. The molecule has 3 saturated carbocycles. The van der Waals surface area contributed by atoms with Crippen LogP contribution in [0.4, 0.5) is 0 Å². The molecule has 6 aliphatic rings. The molecule has 6 fully saturated rings. The monoisotopic (exact) mass is 1460 g/mol. The van der Waals surface area contributed by atoms with E-state index in [2.05, 4.69) is 45.1 Å². The van der Waals surface area contributed by atoms with Gasteiger partial charge in [-0.05, 0) is 172 Å². The van der Waals surface area contributed by atoms with E-state index < -0.39 is 60.0 Å². The molecule has 0 aromatic carbocycles. The Morgan fingerprint density at radius 3 is 0.990 bits per heavy atom. The van der Waals surface area contributed by atoms with Crippen molar-refractivity contribution in [2.75, 3.05) is 53.4 Å². The zero-order valence-corrected chi connectivity index (χ0v) is 67.0. The molecule has 3 heterocycles. The van der Waals surface area contributed by atoms with Gasteiger partial charge in [-0.3, -0.25) is 14.4 Å². The van der Waals surface area contributed by atoms with Gasteiger partial charge in [0, 0.05) is 71.8 Å². The molecule has 22 heteroatoms. The summed E-state index contributed by atoms with van der Waals surface area (Å²) in [6.07, 6.45) is 44.1. The van der Waals surface area contributed by atoms with Crippen LogP contribution in [0.3, 0.4) is 0 Å². The number of carboxylic acid groups (broad SMARTS) is 1. The second-order valence-corrected chi connectivity index (χ2v) is 28.8. The molecule has 0 aromatic heterocycles. The van der Waals surface area contributed by atoms with Crippen molar-refractivity contribution in [3.63, 3.8) is 0 Å². The van der Waals surface area contributed by atoms with Crippen LogP contribution in [0.15, 0.2) is 36.5 Å². The van der Waals surface area contributed by atoms with Crippen LogP contribution in [0.5, 0.6) is 0 Å². The fourth-order valence-corrected chi connectivity index (χ4v) is 15.4. The topological polar surface area (TPSA) is 341 Å². The Labute approximate surface area is 638 Å². The zero-order chi connectivity index (χ0) is 73.9. The molecule has 3 saturated heterocycles. The van der Waals surface area contributed by atoms with E-state index >= 15 is 0 Å². The number of hydrogen-bond donors (Lipinski definition) is 8. The second kappa shape index (κ2) is 60.5. The van der Waals surface area contributed by atoms with E-state index in [-0.39, 0.29) is 95.0 Å². The SMILES string of the molecule is CC#N.CCCCCCCC1(CC[C@H]2[C@H](O)CC(O)[C@@H]2C/C=C\CCCC(=O)O)OCCO1.CCCCCCCC1(CC[C@H]2[C@H](O)CC(O)[C@@H]2C/C=C\CCCC(=O)OC(C)C)OCCO1.CCCCCCCC1(CC[C@H]2[C@H](O)CC(O)[C@@H]2C/C=C\CCCC(=O)OCC)OCCO1.CO.[Na+].[OH-]. The van der Waals surface area contributed by atoms with E-state index in [0.29, 0.717) is 91.2 Å². The number of nitriles is 1. The van der Waals surface area contributed by atoms with E-state index in [9.17, 15) is 45.0 Å². The Bertz CT molecular complexity index is 2200. The number of ether oxygens (including phenoxy) is 8. The molecule has 12 atom stereocenters. The minimum absolute atomic E-state index is 0. The predicted molar refractivity (Wildman–Crippen MR) is 392 cm³/mol. The maximum atomic E-state index is 11.6. The first-order valence-corrected chi connectivity index (χ1v) is 39.5.